The summed E-state index contributed by atoms with van der Waals surface area (Å²) < 4.78 is 26.0. The number of amides is 1. The lowest BCUT2D eigenvalue weighted by Gasteiger charge is -2.20. The molecule has 0 aliphatic carbocycles. The molecule has 7 nitrogen and oxygen atoms in total. The highest BCUT2D eigenvalue weighted by molar-refractivity contribution is 7.92. The molecule has 2 rings (SSSR count). The predicted molar refractivity (Wildman–Crippen MR) is 105 cm³/mol. The number of para-hydroxylation sites is 1. The van der Waals surface area contributed by atoms with E-state index in [1.54, 1.807) is 50.2 Å². The fourth-order valence-corrected chi connectivity index (χ4v) is 2.96. The van der Waals surface area contributed by atoms with E-state index in [9.17, 15) is 23.1 Å². The van der Waals surface area contributed by atoms with Gasteiger partial charge in [-0.2, -0.15) is 0 Å². The first-order valence-corrected chi connectivity index (χ1v) is 9.97. The lowest BCUT2D eigenvalue weighted by Crippen LogP contribution is -2.28. The van der Waals surface area contributed by atoms with Crippen LogP contribution in [0.15, 0.2) is 48.5 Å². The quantitative estimate of drug-likeness (QED) is 0.672. The Hall–Kier alpha value is -2.87. The van der Waals surface area contributed by atoms with Gasteiger partial charge < -0.3 is 10.4 Å². The molecule has 1 amide bonds. The van der Waals surface area contributed by atoms with E-state index in [-0.39, 0.29) is 17.0 Å². The van der Waals surface area contributed by atoms with E-state index in [0.717, 1.165) is 0 Å². The van der Waals surface area contributed by atoms with E-state index in [0.29, 0.717) is 11.3 Å². The molecule has 0 fully saturated rings. The maximum absolute atomic E-state index is 12.6. The van der Waals surface area contributed by atoms with Crippen LogP contribution >= 0.6 is 0 Å². The number of sulfonamides is 1. The number of aliphatic carboxylic acids is 1. The van der Waals surface area contributed by atoms with E-state index in [4.69, 9.17) is 0 Å². The van der Waals surface area contributed by atoms with Crippen LogP contribution in [-0.2, 0) is 20.2 Å². The van der Waals surface area contributed by atoms with Crippen molar-refractivity contribution in [3.05, 3.63) is 59.7 Å². The first-order chi connectivity index (χ1) is 12.6. The van der Waals surface area contributed by atoms with Crippen LogP contribution < -0.4 is 10.0 Å². The number of benzene rings is 2. The van der Waals surface area contributed by atoms with Gasteiger partial charge in [-0.3, -0.25) is 14.3 Å². The summed E-state index contributed by atoms with van der Waals surface area (Å²) in [5.74, 6) is -1.53. The Balaban J connectivity index is 2.22. The second-order valence-corrected chi connectivity index (χ2v) is 8.52. The summed E-state index contributed by atoms with van der Waals surface area (Å²) in [6.45, 7) is 4.70. The molecule has 0 saturated heterocycles. The summed E-state index contributed by atoms with van der Waals surface area (Å²) in [5.41, 5.74) is 0.403. The number of carbonyl (C=O) groups excluding carboxylic acids is 1. The molecule has 2 aromatic carbocycles. The van der Waals surface area contributed by atoms with Crippen molar-refractivity contribution >= 4 is 33.3 Å². The molecule has 8 heteroatoms. The highest BCUT2D eigenvalue weighted by Crippen LogP contribution is 2.25. The van der Waals surface area contributed by atoms with Gasteiger partial charge in [0.25, 0.3) is 5.91 Å². The van der Waals surface area contributed by atoms with E-state index in [1.807, 2.05) is 0 Å². The van der Waals surface area contributed by atoms with Gasteiger partial charge in [0.05, 0.1) is 22.4 Å². The van der Waals surface area contributed by atoms with Gasteiger partial charge in [-0.25, -0.2) is 8.42 Å². The molecule has 0 atom stereocenters. The van der Waals surface area contributed by atoms with Crippen LogP contribution in [0.4, 0.5) is 11.4 Å². The monoisotopic (exact) mass is 390 g/mol. The minimum atomic E-state index is -3.52. The number of nitrogens with one attached hydrogen (secondary N) is 2. The number of anilines is 2. The van der Waals surface area contributed by atoms with Crippen molar-refractivity contribution in [2.75, 3.05) is 15.8 Å². The van der Waals surface area contributed by atoms with Crippen molar-refractivity contribution in [3.63, 3.8) is 0 Å². The molecular formula is C19H22N2O5S. The van der Waals surface area contributed by atoms with Crippen molar-refractivity contribution in [2.45, 2.75) is 26.2 Å². The van der Waals surface area contributed by atoms with E-state index >= 15 is 0 Å². The van der Waals surface area contributed by atoms with Crippen molar-refractivity contribution in [1.82, 2.24) is 0 Å². The standard InChI is InChI=1S/C19H22N2O5S/c1-4-27(25,26)21-16-8-6-5-7-15(16)17(22)20-14-11-9-13(10-12-14)19(2,3)18(23)24/h5-12,21H,4H2,1-3H3,(H,20,22)(H,23,24). The maximum Gasteiger partial charge on any atom is 0.313 e. The minimum Gasteiger partial charge on any atom is -0.481 e. The zero-order chi connectivity index (χ0) is 20.2. The first-order valence-electron chi connectivity index (χ1n) is 8.31. The van der Waals surface area contributed by atoms with Gasteiger partial charge in [-0.15, -0.1) is 0 Å². The van der Waals surface area contributed by atoms with Gasteiger partial charge in [-0.1, -0.05) is 24.3 Å². The third-order valence-electron chi connectivity index (χ3n) is 4.22. The Bertz CT molecular complexity index is 950. The summed E-state index contributed by atoms with van der Waals surface area (Å²) >= 11 is 0. The zero-order valence-corrected chi connectivity index (χ0v) is 16.1. The SMILES string of the molecule is CCS(=O)(=O)Nc1ccccc1C(=O)Nc1ccc(C(C)(C)C(=O)O)cc1. The molecular weight excluding hydrogens is 368 g/mol. The predicted octanol–water partition coefficient (Wildman–Crippen LogP) is 3.06. The fourth-order valence-electron chi connectivity index (χ4n) is 2.30. The molecule has 144 valence electrons. The van der Waals surface area contributed by atoms with Crippen LogP contribution in [0.5, 0.6) is 0 Å². The van der Waals surface area contributed by atoms with Crippen molar-refractivity contribution in [1.29, 1.82) is 0 Å². The summed E-state index contributed by atoms with van der Waals surface area (Å²) in [7, 11) is -3.52. The summed E-state index contributed by atoms with van der Waals surface area (Å²) in [4.78, 5) is 23.9. The van der Waals surface area contributed by atoms with Crippen LogP contribution in [0.25, 0.3) is 0 Å². The molecule has 27 heavy (non-hydrogen) atoms. The largest absolute Gasteiger partial charge is 0.481 e. The molecule has 0 saturated carbocycles. The topological polar surface area (TPSA) is 113 Å². The number of hydrogen-bond acceptors (Lipinski definition) is 4. The Morgan fingerprint density at radius 3 is 2.19 bits per heavy atom. The Morgan fingerprint density at radius 1 is 1.04 bits per heavy atom. The van der Waals surface area contributed by atoms with Crippen LogP contribution in [0, 0.1) is 0 Å². The maximum atomic E-state index is 12.6. The fraction of sp³-hybridized carbons (Fsp3) is 0.263. The Kier molecular flexibility index (Phi) is 5.90. The number of hydrogen-bond donors (Lipinski definition) is 3. The highest BCUT2D eigenvalue weighted by Gasteiger charge is 2.29. The molecule has 0 spiro atoms. The summed E-state index contributed by atoms with van der Waals surface area (Å²) in [5, 5.41) is 12.0. The van der Waals surface area contributed by atoms with E-state index < -0.39 is 27.3 Å². The third kappa shape index (κ3) is 4.85. The summed E-state index contributed by atoms with van der Waals surface area (Å²) in [6, 6.07) is 12.8. The number of carbonyl (C=O) groups is 2. The zero-order valence-electron chi connectivity index (χ0n) is 15.3. The van der Waals surface area contributed by atoms with Crippen LogP contribution in [0.2, 0.25) is 0 Å². The molecule has 0 aliphatic heterocycles. The van der Waals surface area contributed by atoms with Crippen LogP contribution in [0.3, 0.4) is 0 Å². The summed E-state index contributed by atoms with van der Waals surface area (Å²) in [6.07, 6.45) is 0. The molecule has 0 bridgehead atoms. The molecule has 0 heterocycles. The molecule has 0 unspecified atom stereocenters. The molecule has 2 aromatic rings. The average molecular weight is 390 g/mol. The number of carboxylic acids is 1. The molecule has 0 aromatic heterocycles. The van der Waals surface area contributed by atoms with Gasteiger partial charge >= 0.3 is 5.97 Å². The second kappa shape index (κ2) is 7.79. The number of rotatable bonds is 7. The first kappa shape index (κ1) is 20.4. The van der Waals surface area contributed by atoms with Gasteiger partial charge in [-0.05, 0) is 50.6 Å². The lowest BCUT2D eigenvalue weighted by molar-refractivity contribution is -0.142. The Morgan fingerprint density at radius 2 is 1.63 bits per heavy atom. The van der Waals surface area contributed by atoms with Gasteiger partial charge in [0.15, 0.2) is 0 Å². The Labute approximate surface area is 158 Å². The molecule has 0 aliphatic rings. The van der Waals surface area contributed by atoms with Crippen molar-refractivity contribution in [2.24, 2.45) is 0 Å². The van der Waals surface area contributed by atoms with Gasteiger partial charge in [0.1, 0.15) is 0 Å². The van der Waals surface area contributed by atoms with Crippen LogP contribution in [-0.4, -0.2) is 31.2 Å². The van der Waals surface area contributed by atoms with Crippen molar-refractivity contribution in [3.8, 4) is 0 Å². The normalized spacial score (nSPS) is 11.7. The van der Waals surface area contributed by atoms with E-state index in [1.165, 1.54) is 19.1 Å². The molecule has 3 N–H and O–H groups in total. The van der Waals surface area contributed by atoms with Gasteiger partial charge in [0.2, 0.25) is 10.0 Å². The van der Waals surface area contributed by atoms with E-state index in [2.05, 4.69) is 10.0 Å². The third-order valence-corrected chi connectivity index (χ3v) is 5.51. The van der Waals surface area contributed by atoms with Gasteiger partial charge in [0, 0.05) is 5.69 Å². The highest BCUT2D eigenvalue weighted by atomic mass is 32.2. The van der Waals surface area contributed by atoms with Crippen molar-refractivity contribution < 1.29 is 23.1 Å². The second-order valence-electron chi connectivity index (χ2n) is 6.51. The molecule has 0 radical (unpaired) electrons. The number of carboxylic acid groups (broad SMARTS) is 1. The smallest absolute Gasteiger partial charge is 0.313 e. The lowest BCUT2D eigenvalue weighted by atomic mass is 9.85. The minimum absolute atomic E-state index is 0.107. The average Bonchev–Trinajstić information content (AvgIpc) is 2.62. The van der Waals surface area contributed by atoms with Crippen LogP contribution in [0.1, 0.15) is 36.7 Å².